The molecule has 1 amide bonds. The minimum absolute atomic E-state index is 0.0420. The summed E-state index contributed by atoms with van der Waals surface area (Å²) in [4.78, 5) is 13.7. The SMILES string of the molecule is CCCCOC(=O)N1CCOCC2(CC(O)C2)C1. The normalized spacial score (nSPS) is 31.9. The van der Waals surface area contributed by atoms with Gasteiger partial charge in [0.15, 0.2) is 0 Å². The Morgan fingerprint density at radius 3 is 3.00 bits per heavy atom. The fourth-order valence-electron chi connectivity index (χ4n) is 2.73. The highest BCUT2D eigenvalue weighted by Crippen LogP contribution is 2.43. The summed E-state index contributed by atoms with van der Waals surface area (Å²) in [6.07, 6.45) is 2.91. The van der Waals surface area contributed by atoms with Crippen molar-refractivity contribution in [2.75, 3.05) is 32.9 Å². The fourth-order valence-corrected chi connectivity index (χ4v) is 2.73. The molecular weight excluding hydrogens is 234 g/mol. The average molecular weight is 257 g/mol. The number of hydrogen-bond acceptors (Lipinski definition) is 4. The van der Waals surface area contributed by atoms with Crippen LogP contribution in [0.5, 0.6) is 0 Å². The number of aliphatic hydroxyl groups excluding tert-OH is 1. The van der Waals surface area contributed by atoms with Gasteiger partial charge in [0.25, 0.3) is 0 Å². The maximum absolute atomic E-state index is 11.9. The summed E-state index contributed by atoms with van der Waals surface area (Å²) in [5, 5.41) is 9.47. The van der Waals surface area contributed by atoms with Gasteiger partial charge in [0.05, 0.1) is 25.9 Å². The molecule has 1 N–H and O–H groups in total. The Morgan fingerprint density at radius 2 is 2.33 bits per heavy atom. The Bertz CT molecular complexity index is 289. The van der Waals surface area contributed by atoms with Gasteiger partial charge in [-0.25, -0.2) is 4.79 Å². The topological polar surface area (TPSA) is 59.0 Å². The highest BCUT2D eigenvalue weighted by atomic mass is 16.6. The minimum atomic E-state index is -0.241. The first kappa shape index (κ1) is 13.6. The van der Waals surface area contributed by atoms with E-state index in [0.717, 1.165) is 25.7 Å². The van der Waals surface area contributed by atoms with Crippen LogP contribution in [-0.4, -0.2) is 55.1 Å². The molecule has 0 aromatic rings. The molecule has 18 heavy (non-hydrogen) atoms. The van der Waals surface area contributed by atoms with Gasteiger partial charge in [-0.1, -0.05) is 13.3 Å². The van der Waals surface area contributed by atoms with Crippen LogP contribution >= 0.6 is 0 Å². The molecule has 2 aliphatic rings. The summed E-state index contributed by atoms with van der Waals surface area (Å²) < 4.78 is 10.8. The zero-order valence-corrected chi connectivity index (χ0v) is 11.1. The van der Waals surface area contributed by atoms with E-state index in [0.29, 0.717) is 32.9 Å². The molecule has 1 saturated carbocycles. The van der Waals surface area contributed by atoms with Crippen LogP contribution in [0.4, 0.5) is 4.79 Å². The number of rotatable bonds is 3. The van der Waals surface area contributed by atoms with Crippen LogP contribution < -0.4 is 0 Å². The molecule has 0 atom stereocenters. The van der Waals surface area contributed by atoms with E-state index >= 15 is 0 Å². The molecule has 1 heterocycles. The zero-order chi connectivity index (χ0) is 13.0. The monoisotopic (exact) mass is 257 g/mol. The lowest BCUT2D eigenvalue weighted by Crippen LogP contribution is -2.51. The summed E-state index contributed by atoms with van der Waals surface area (Å²) in [5.74, 6) is 0. The van der Waals surface area contributed by atoms with E-state index in [1.165, 1.54) is 0 Å². The van der Waals surface area contributed by atoms with Crippen LogP contribution in [0.3, 0.4) is 0 Å². The van der Waals surface area contributed by atoms with Crippen molar-refractivity contribution in [3.8, 4) is 0 Å². The first-order chi connectivity index (χ1) is 8.65. The maximum atomic E-state index is 11.9. The van der Waals surface area contributed by atoms with Crippen LogP contribution in [0.15, 0.2) is 0 Å². The molecule has 1 aliphatic carbocycles. The Balaban J connectivity index is 1.85. The molecule has 1 aliphatic heterocycles. The summed E-state index contributed by atoms with van der Waals surface area (Å²) in [5.41, 5.74) is -0.0420. The Hall–Kier alpha value is -0.810. The lowest BCUT2D eigenvalue weighted by molar-refractivity contribution is -0.0764. The first-order valence-corrected chi connectivity index (χ1v) is 6.83. The number of unbranched alkanes of at least 4 members (excludes halogenated alkanes) is 1. The van der Waals surface area contributed by atoms with Crippen LogP contribution in [0.1, 0.15) is 32.6 Å². The molecule has 104 valence electrons. The Labute approximate surface area is 108 Å². The summed E-state index contributed by atoms with van der Waals surface area (Å²) in [6, 6.07) is 0. The molecule has 0 aromatic heterocycles. The van der Waals surface area contributed by atoms with Crippen molar-refractivity contribution in [2.24, 2.45) is 5.41 Å². The van der Waals surface area contributed by atoms with Crippen molar-refractivity contribution in [3.05, 3.63) is 0 Å². The predicted octanol–water partition coefficient (Wildman–Crippen LogP) is 1.40. The second-order valence-electron chi connectivity index (χ2n) is 5.50. The van der Waals surface area contributed by atoms with E-state index in [2.05, 4.69) is 6.92 Å². The summed E-state index contributed by atoms with van der Waals surface area (Å²) in [7, 11) is 0. The van der Waals surface area contributed by atoms with Crippen molar-refractivity contribution in [1.82, 2.24) is 4.90 Å². The first-order valence-electron chi connectivity index (χ1n) is 6.83. The minimum Gasteiger partial charge on any atom is -0.449 e. The maximum Gasteiger partial charge on any atom is 0.409 e. The van der Waals surface area contributed by atoms with Crippen LogP contribution in [-0.2, 0) is 9.47 Å². The number of aliphatic hydroxyl groups is 1. The highest BCUT2D eigenvalue weighted by Gasteiger charge is 2.46. The van der Waals surface area contributed by atoms with Gasteiger partial charge in [-0.15, -0.1) is 0 Å². The van der Waals surface area contributed by atoms with Crippen molar-refractivity contribution in [2.45, 2.75) is 38.7 Å². The van der Waals surface area contributed by atoms with Crippen LogP contribution in [0, 0.1) is 5.41 Å². The Morgan fingerprint density at radius 1 is 1.56 bits per heavy atom. The smallest absolute Gasteiger partial charge is 0.409 e. The van der Waals surface area contributed by atoms with Gasteiger partial charge >= 0.3 is 6.09 Å². The Kier molecular flexibility index (Phi) is 4.45. The molecule has 1 spiro atoms. The lowest BCUT2D eigenvalue weighted by atomic mass is 9.67. The molecule has 0 aromatic carbocycles. The van der Waals surface area contributed by atoms with Crippen molar-refractivity contribution >= 4 is 6.09 Å². The summed E-state index contributed by atoms with van der Waals surface area (Å²) >= 11 is 0. The molecule has 1 saturated heterocycles. The lowest BCUT2D eigenvalue weighted by Gasteiger charge is -2.45. The molecule has 0 bridgehead atoms. The molecule has 0 radical (unpaired) electrons. The van der Waals surface area contributed by atoms with Gasteiger partial charge in [0.1, 0.15) is 0 Å². The number of nitrogens with zero attached hydrogens (tertiary/aromatic N) is 1. The van der Waals surface area contributed by atoms with Gasteiger partial charge in [0, 0.05) is 18.5 Å². The molecule has 2 fully saturated rings. The third-order valence-corrected chi connectivity index (χ3v) is 3.76. The average Bonchev–Trinajstić information content (AvgIpc) is 2.52. The van der Waals surface area contributed by atoms with E-state index in [1.54, 1.807) is 4.90 Å². The van der Waals surface area contributed by atoms with E-state index in [9.17, 15) is 9.90 Å². The number of ether oxygens (including phenoxy) is 2. The number of amides is 1. The number of carbonyl (C=O) groups excluding carboxylic acids is 1. The second-order valence-corrected chi connectivity index (χ2v) is 5.50. The quantitative estimate of drug-likeness (QED) is 0.776. The van der Waals surface area contributed by atoms with Gasteiger partial charge in [0.2, 0.25) is 0 Å². The van der Waals surface area contributed by atoms with E-state index in [4.69, 9.17) is 9.47 Å². The second kappa shape index (κ2) is 5.89. The van der Waals surface area contributed by atoms with E-state index in [-0.39, 0.29) is 17.6 Å². The molecule has 2 rings (SSSR count). The largest absolute Gasteiger partial charge is 0.449 e. The van der Waals surface area contributed by atoms with E-state index < -0.39 is 0 Å². The van der Waals surface area contributed by atoms with Crippen molar-refractivity contribution in [3.63, 3.8) is 0 Å². The number of hydrogen-bond donors (Lipinski definition) is 1. The standard InChI is InChI=1S/C13H23NO4/c1-2-3-5-18-12(16)14-4-6-17-10-13(9-14)7-11(15)8-13/h11,15H,2-10H2,1H3. The van der Waals surface area contributed by atoms with Crippen molar-refractivity contribution < 1.29 is 19.4 Å². The van der Waals surface area contributed by atoms with Crippen LogP contribution in [0.2, 0.25) is 0 Å². The molecule has 5 heteroatoms. The van der Waals surface area contributed by atoms with Gasteiger partial charge in [-0.05, 0) is 19.3 Å². The molecule has 5 nitrogen and oxygen atoms in total. The molecular formula is C13H23NO4. The third kappa shape index (κ3) is 3.14. The fraction of sp³-hybridized carbons (Fsp3) is 0.923. The zero-order valence-electron chi connectivity index (χ0n) is 11.1. The van der Waals surface area contributed by atoms with E-state index in [1.807, 2.05) is 0 Å². The molecule has 0 unspecified atom stereocenters. The van der Waals surface area contributed by atoms with Gasteiger partial charge < -0.3 is 19.5 Å². The third-order valence-electron chi connectivity index (χ3n) is 3.76. The van der Waals surface area contributed by atoms with Gasteiger partial charge in [-0.3, -0.25) is 0 Å². The highest BCUT2D eigenvalue weighted by molar-refractivity contribution is 5.67. The predicted molar refractivity (Wildman–Crippen MR) is 66.3 cm³/mol. The van der Waals surface area contributed by atoms with Crippen LogP contribution in [0.25, 0.3) is 0 Å². The van der Waals surface area contributed by atoms with Crippen molar-refractivity contribution in [1.29, 1.82) is 0 Å². The summed E-state index contributed by atoms with van der Waals surface area (Å²) in [6.45, 7) is 4.99. The number of carbonyl (C=O) groups is 1. The van der Waals surface area contributed by atoms with Gasteiger partial charge in [-0.2, -0.15) is 0 Å².